The quantitative estimate of drug-likeness (QED) is 0.235. The van der Waals surface area contributed by atoms with Gasteiger partial charge in [-0.3, -0.25) is 9.69 Å². The molecule has 0 saturated heterocycles. The van der Waals surface area contributed by atoms with Crippen molar-refractivity contribution < 1.29 is 28.5 Å². The SMILES string of the molecule is COCCOCCN(CCOCCOC)CCOC(=O)C(C)c1ccc(CC(C)C)cc1. The van der Waals surface area contributed by atoms with E-state index in [-0.39, 0.29) is 11.9 Å². The molecule has 0 aliphatic rings. The number of nitrogens with zero attached hydrogens (tertiary/aromatic N) is 1. The van der Waals surface area contributed by atoms with Crippen molar-refractivity contribution in [3.05, 3.63) is 35.4 Å². The Labute approximate surface area is 194 Å². The number of esters is 1. The summed E-state index contributed by atoms with van der Waals surface area (Å²) in [6.45, 7) is 12.2. The van der Waals surface area contributed by atoms with E-state index in [2.05, 4.69) is 30.9 Å². The molecule has 0 amide bonds. The van der Waals surface area contributed by atoms with Crippen LogP contribution in [-0.2, 0) is 34.9 Å². The molecule has 1 aromatic rings. The number of rotatable bonds is 19. The minimum Gasteiger partial charge on any atom is -0.464 e. The van der Waals surface area contributed by atoms with Gasteiger partial charge >= 0.3 is 5.97 Å². The van der Waals surface area contributed by atoms with Crippen LogP contribution in [0.1, 0.15) is 37.8 Å². The molecule has 1 aromatic carbocycles. The highest BCUT2D eigenvalue weighted by atomic mass is 16.5. The molecule has 7 nitrogen and oxygen atoms in total. The molecular formula is C25H43NO6. The van der Waals surface area contributed by atoms with Crippen molar-refractivity contribution in [2.45, 2.75) is 33.1 Å². The van der Waals surface area contributed by atoms with Gasteiger partial charge in [-0.2, -0.15) is 0 Å². The highest BCUT2D eigenvalue weighted by Gasteiger charge is 2.17. The molecule has 32 heavy (non-hydrogen) atoms. The summed E-state index contributed by atoms with van der Waals surface area (Å²) in [6.07, 6.45) is 1.04. The third-order valence-electron chi connectivity index (χ3n) is 5.10. The van der Waals surface area contributed by atoms with Gasteiger partial charge in [-0.25, -0.2) is 0 Å². The summed E-state index contributed by atoms with van der Waals surface area (Å²) in [7, 11) is 3.31. The minimum absolute atomic E-state index is 0.200. The summed E-state index contributed by atoms with van der Waals surface area (Å²) in [6, 6.07) is 8.28. The third-order valence-corrected chi connectivity index (χ3v) is 5.10. The van der Waals surface area contributed by atoms with Gasteiger partial charge in [0.15, 0.2) is 0 Å². The largest absolute Gasteiger partial charge is 0.464 e. The predicted octanol–water partition coefficient (Wildman–Crippen LogP) is 3.16. The fraction of sp³-hybridized carbons (Fsp3) is 0.720. The van der Waals surface area contributed by atoms with E-state index in [4.69, 9.17) is 23.7 Å². The van der Waals surface area contributed by atoms with Gasteiger partial charge in [0, 0.05) is 33.9 Å². The fourth-order valence-electron chi connectivity index (χ4n) is 3.16. The standard InChI is InChI=1S/C25H43NO6/c1-21(2)20-23-6-8-24(9-7-23)22(3)25(27)32-15-12-26(10-13-30-18-16-28-4)11-14-31-19-17-29-5/h6-9,21-22H,10-20H2,1-5H3. The van der Waals surface area contributed by atoms with Crippen molar-refractivity contribution in [1.29, 1.82) is 0 Å². The van der Waals surface area contributed by atoms with Crippen molar-refractivity contribution >= 4 is 5.97 Å². The van der Waals surface area contributed by atoms with Crippen LogP contribution < -0.4 is 0 Å². The van der Waals surface area contributed by atoms with E-state index < -0.39 is 0 Å². The first-order chi connectivity index (χ1) is 15.5. The lowest BCUT2D eigenvalue weighted by molar-refractivity contribution is -0.145. The maximum Gasteiger partial charge on any atom is 0.313 e. The summed E-state index contributed by atoms with van der Waals surface area (Å²) >= 11 is 0. The monoisotopic (exact) mass is 453 g/mol. The van der Waals surface area contributed by atoms with Crippen LogP contribution in [0.4, 0.5) is 0 Å². The molecule has 0 spiro atoms. The number of carbonyl (C=O) groups excluding carboxylic acids is 1. The van der Waals surface area contributed by atoms with Crippen LogP contribution in [0.2, 0.25) is 0 Å². The Morgan fingerprint density at radius 3 is 1.81 bits per heavy atom. The first-order valence-electron chi connectivity index (χ1n) is 11.6. The summed E-state index contributed by atoms with van der Waals surface area (Å²) in [5.74, 6) is 0.127. The fourth-order valence-corrected chi connectivity index (χ4v) is 3.16. The normalized spacial score (nSPS) is 12.5. The van der Waals surface area contributed by atoms with E-state index in [9.17, 15) is 4.79 Å². The highest BCUT2D eigenvalue weighted by molar-refractivity contribution is 5.77. The topological polar surface area (TPSA) is 66.5 Å². The van der Waals surface area contributed by atoms with Gasteiger partial charge in [0.25, 0.3) is 0 Å². The minimum atomic E-state index is -0.286. The second-order valence-electron chi connectivity index (χ2n) is 8.28. The molecule has 184 valence electrons. The Hall–Kier alpha value is -1.51. The first-order valence-corrected chi connectivity index (χ1v) is 11.6. The molecule has 0 heterocycles. The van der Waals surface area contributed by atoms with Crippen LogP contribution in [0.15, 0.2) is 24.3 Å². The molecule has 0 saturated carbocycles. The van der Waals surface area contributed by atoms with E-state index in [1.807, 2.05) is 19.1 Å². The van der Waals surface area contributed by atoms with Crippen LogP contribution in [0, 0.1) is 5.92 Å². The van der Waals surface area contributed by atoms with Gasteiger partial charge in [0.1, 0.15) is 6.61 Å². The Bertz CT molecular complexity index is 579. The zero-order valence-electron chi connectivity index (χ0n) is 20.6. The maximum absolute atomic E-state index is 12.5. The molecule has 0 aromatic heterocycles. The summed E-state index contributed by atoms with van der Waals surface area (Å²) < 4.78 is 26.7. The van der Waals surface area contributed by atoms with E-state index >= 15 is 0 Å². The molecule has 1 rings (SSSR count). The number of ether oxygens (including phenoxy) is 5. The zero-order chi connectivity index (χ0) is 23.6. The van der Waals surface area contributed by atoms with Crippen molar-refractivity contribution in [2.24, 2.45) is 5.92 Å². The van der Waals surface area contributed by atoms with Gasteiger partial charge in [-0.1, -0.05) is 38.1 Å². The average molecular weight is 454 g/mol. The second-order valence-corrected chi connectivity index (χ2v) is 8.28. The van der Waals surface area contributed by atoms with Crippen molar-refractivity contribution in [3.8, 4) is 0 Å². The summed E-state index contributed by atoms with van der Waals surface area (Å²) in [5.41, 5.74) is 2.28. The summed E-state index contributed by atoms with van der Waals surface area (Å²) in [5, 5.41) is 0. The Kier molecular flexibility index (Phi) is 16.0. The average Bonchev–Trinajstić information content (AvgIpc) is 2.77. The molecule has 1 unspecified atom stereocenters. The Morgan fingerprint density at radius 1 is 0.781 bits per heavy atom. The lowest BCUT2D eigenvalue weighted by Gasteiger charge is -2.22. The van der Waals surface area contributed by atoms with Crippen LogP contribution in [0.5, 0.6) is 0 Å². The molecule has 0 N–H and O–H groups in total. The van der Waals surface area contributed by atoms with E-state index in [0.717, 1.165) is 25.1 Å². The van der Waals surface area contributed by atoms with Crippen LogP contribution >= 0.6 is 0 Å². The predicted molar refractivity (Wildman–Crippen MR) is 126 cm³/mol. The lowest BCUT2D eigenvalue weighted by atomic mass is 9.97. The second kappa shape index (κ2) is 18.0. The zero-order valence-corrected chi connectivity index (χ0v) is 20.6. The Morgan fingerprint density at radius 2 is 1.31 bits per heavy atom. The molecular weight excluding hydrogens is 410 g/mol. The third kappa shape index (κ3) is 13.1. The van der Waals surface area contributed by atoms with Crippen molar-refractivity contribution in [2.75, 3.05) is 80.1 Å². The maximum atomic E-state index is 12.5. The molecule has 1 atom stereocenters. The van der Waals surface area contributed by atoms with Crippen LogP contribution in [-0.4, -0.2) is 91.0 Å². The molecule has 0 bridgehead atoms. The van der Waals surface area contributed by atoms with Gasteiger partial charge in [0.05, 0.1) is 45.6 Å². The molecule has 0 radical (unpaired) electrons. The summed E-state index contributed by atoms with van der Waals surface area (Å²) in [4.78, 5) is 14.7. The number of hydrogen-bond acceptors (Lipinski definition) is 7. The lowest BCUT2D eigenvalue weighted by Crippen LogP contribution is -2.35. The smallest absolute Gasteiger partial charge is 0.313 e. The van der Waals surface area contributed by atoms with E-state index in [1.54, 1.807) is 14.2 Å². The number of carbonyl (C=O) groups is 1. The van der Waals surface area contributed by atoms with Crippen LogP contribution in [0.25, 0.3) is 0 Å². The molecule has 0 aliphatic carbocycles. The molecule has 7 heteroatoms. The van der Waals surface area contributed by atoms with Gasteiger partial charge in [-0.15, -0.1) is 0 Å². The first kappa shape index (κ1) is 28.5. The Balaban J connectivity index is 2.42. The molecule has 0 aliphatic heterocycles. The number of benzene rings is 1. The van der Waals surface area contributed by atoms with Crippen molar-refractivity contribution in [3.63, 3.8) is 0 Å². The van der Waals surface area contributed by atoms with E-state index in [0.29, 0.717) is 58.7 Å². The number of methoxy groups -OCH3 is 2. The highest BCUT2D eigenvalue weighted by Crippen LogP contribution is 2.19. The van der Waals surface area contributed by atoms with Crippen molar-refractivity contribution in [1.82, 2.24) is 4.90 Å². The van der Waals surface area contributed by atoms with Gasteiger partial charge in [0.2, 0.25) is 0 Å². The van der Waals surface area contributed by atoms with Gasteiger partial charge < -0.3 is 23.7 Å². The number of hydrogen-bond donors (Lipinski definition) is 0. The molecule has 0 fully saturated rings. The van der Waals surface area contributed by atoms with Gasteiger partial charge in [-0.05, 0) is 30.4 Å². The van der Waals surface area contributed by atoms with E-state index in [1.165, 1.54) is 5.56 Å². The van der Waals surface area contributed by atoms with Crippen LogP contribution in [0.3, 0.4) is 0 Å².